The Labute approximate surface area is 127 Å². The highest BCUT2D eigenvalue weighted by atomic mass is 16.6. The molecule has 0 unspecified atom stereocenters. The summed E-state index contributed by atoms with van der Waals surface area (Å²) in [7, 11) is 5.71. The molecule has 0 heterocycles. The van der Waals surface area contributed by atoms with Gasteiger partial charge in [0.1, 0.15) is 6.61 Å². The predicted octanol–water partition coefficient (Wildman–Crippen LogP) is 2.64. The number of ether oxygens (including phenoxy) is 1. The summed E-state index contributed by atoms with van der Waals surface area (Å²) in [5.74, 6) is 0. The van der Waals surface area contributed by atoms with Crippen LogP contribution in [0.1, 0.15) is 19.4 Å². The fourth-order valence-corrected chi connectivity index (χ4v) is 1.73. The van der Waals surface area contributed by atoms with E-state index in [1.807, 2.05) is 43.3 Å². The third-order valence-electron chi connectivity index (χ3n) is 2.97. The minimum atomic E-state index is -0.291. The summed E-state index contributed by atoms with van der Waals surface area (Å²) >= 11 is 0. The standard InChI is InChI=1S/C16H27N3O2/c1-13(2)17-15-8-6-14(7-9-15)12-21-16(20)19(5)11-10-18(3)4/h6-9,13,17H,10-12H2,1-5H3. The van der Waals surface area contributed by atoms with Gasteiger partial charge in [-0.2, -0.15) is 0 Å². The van der Waals surface area contributed by atoms with E-state index in [4.69, 9.17) is 4.74 Å². The first-order valence-corrected chi connectivity index (χ1v) is 7.26. The van der Waals surface area contributed by atoms with Crippen LogP contribution in [-0.4, -0.2) is 56.2 Å². The number of rotatable bonds is 7. The highest BCUT2D eigenvalue weighted by Crippen LogP contribution is 2.11. The molecule has 0 bridgehead atoms. The number of benzene rings is 1. The normalized spacial score (nSPS) is 10.8. The summed E-state index contributed by atoms with van der Waals surface area (Å²) in [5.41, 5.74) is 2.06. The van der Waals surface area contributed by atoms with E-state index in [-0.39, 0.29) is 6.09 Å². The number of nitrogens with zero attached hydrogens (tertiary/aromatic N) is 2. The van der Waals surface area contributed by atoms with E-state index in [9.17, 15) is 4.79 Å². The lowest BCUT2D eigenvalue weighted by Gasteiger charge is -2.19. The van der Waals surface area contributed by atoms with Gasteiger partial charge < -0.3 is 19.9 Å². The molecule has 118 valence electrons. The molecule has 0 aliphatic heterocycles. The van der Waals surface area contributed by atoms with Gasteiger partial charge in [0, 0.05) is 31.9 Å². The first-order valence-electron chi connectivity index (χ1n) is 7.26. The van der Waals surface area contributed by atoms with Gasteiger partial charge in [0.2, 0.25) is 0 Å². The molecular formula is C16H27N3O2. The van der Waals surface area contributed by atoms with Crippen LogP contribution in [0.25, 0.3) is 0 Å². The van der Waals surface area contributed by atoms with Crippen LogP contribution in [0.15, 0.2) is 24.3 Å². The van der Waals surface area contributed by atoms with Crippen molar-refractivity contribution >= 4 is 11.8 Å². The van der Waals surface area contributed by atoms with Crippen molar-refractivity contribution in [2.45, 2.75) is 26.5 Å². The summed E-state index contributed by atoms with van der Waals surface area (Å²) in [4.78, 5) is 15.4. The van der Waals surface area contributed by atoms with Gasteiger partial charge in [-0.05, 0) is 45.6 Å². The maximum Gasteiger partial charge on any atom is 0.409 e. The van der Waals surface area contributed by atoms with Gasteiger partial charge in [-0.15, -0.1) is 0 Å². The number of amides is 1. The van der Waals surface area contributed by atoms with E-state index >= 15 is 0 Å². The highest BCUT2D eigenvalue weighted by Gasteiger charge is 2.10. The monoisotopic (exact) mass is 293 g/mol. The molecule has 0 saturated carbocycles. The Balaban J connectivity index is 2.38. The van der Waals surface area contributed by atoms with Crippen molar-refractivity contribution in [1.82, 2.24) is 9.80 Å². The van der Waals surface area contributed by atoms with Crippen LogP contribution in [-0.2, 0) is 11.3 Å². The molecule has 0 fully saturated rings. The van der Waals surface area contributed by atoms with Gasteiger partial charge in [0.15, 0.2) is 0 Å². The summed E-state index contributed by atoms with van der Waals surface area (Å²) in [6, 6.07) is 8.34. The van der Waals surface area contributed by atoms with Crippen molar-refractivity contribution in [2.24, 2.45) is 0 Å². The number of hydrogen-bond acceptors (Lipinski definition) is 4. The van der Waals surface area contributed by atoms with Crippen LogP contribution >= 0.6 is 0 Å². The van der Waals surface area contributed by atoms with E-state index in [0.29, 0.717) is 19.2 Å². The molecular weight excluding hydrogens is 266 g/mol. The van der Waals surface area contributed by atoms with Gasteiger partial charge in [-0.25, -0.2) is 4.79 Å². The van der Waals surface area contributed by atoms with Gasteiger partial charge in [0.05, 0.1) is 0 Å². The molecule has 5 nitrogen and oxygen atoms in total. The number of nitrogens with one attached hydrogen (secondary N) is 1. The number of anilines is 1. The average Bonchev–Trinajstić information content (AvgIpc) is 2.43. The molecule has 0 radical (unpaired) electrons. The maximum atomic E-state index is 11.8. The molecule has 1 aromatic carbocycles. The van der Waals surface area contributed by atoms with E-state index in [0.717, 1.165) is 17.8 Å². The van der Waals surface area contributed by atoms with Gasteiger partial charge in [-0.1, -0.05) is 12.1 Å². The third-order valence-corrected chi connectivity index (χ3v) is 2.97. The summed E-state index contributed by atoms with van der Waals surface area (Å²) in [6.45, 7) is 5.97. The first kappa shape index (κ1) is 17.3. The molecule has 0 aliphatic carbocycles. The Morgan fingerprint density at radius 2 is 1.76 bits per heavy atom. The third kappa shape index (κ3) is 6.99. The predicted molar refractivity (Wildman–Crippen MR) is 86.6 cm³/mol. The Morgan fingerprint density at radius 1 is 1.14 bits per heavy atom. The summed E-state index contributed by atoms with van der Waals surface area (Å²) in [5, 5.41) is 3.32. The van der Waals surface area contributed by atoms with Crippen molar-refractivity contribution in [3.8, 4) is 0 Å². The van der Waals surface area contributed by atoms with Crippen LogP contribution in [0.4, 0.5) is 10.5 Å². The molecule has 0 spiro atoms. The molecule has 0 aromatic heterocycles. The van der Waals surface area contributed by atoms with Crippen LogP contribution in [0.2, 0.25) is 0 Å². The summed E-state index contributed by atoms with van der Waals surface area (Å²) < 4.78 is 5.29. The highest BCUT2D eigenvalue weighted by molar-refractivity contribution is 5.67. The smallest absolute Gasteiger partial charge is 0.409 e. The van der Waals surface area contributed by atoms with Crippen LogP contribution in [0.3, 0.4) is 0 Å². The second-order valence-electron chi connectivity index (χ2n) is 5.78. The van der Waals surface area contributed by atoms with E-state index < -0.39 is 0 Å². The summed E-state index contributed by atoms with van der Waals surface area (Å²) in [6.07, 6.45) is -0.291. The zero-order valence-corrected chi connectivity index (χ0v) is 13.7. The second-order valence-corrected chi connectivity index (χ2v) is 5.78. The van der Waals surface area contributed by atoms with Gasteiger partial charge in [-0.3, -0.25) is 0 Å². The topological polar surface area (TPSA) is 44.8 Å². The fraction of sp³-hybridized carbons (Fsp3) is 0.562. The lowest BCUT2D eigenvalue weighted by molar-refractivity contribution is 0.102. The van der Waals surface area contributed by atoms with Crippen molar-refractivity contribution in [1.29, 1.82) is 0 Å². The van der Waals surface area contributed by atoms with E-state index in [1.54, 1.807) is 11.9 Å². The van der Waals surface area contributed by atoms with Crippen molar-refractivity contribution in [3.63, 3.8) is 0 Å². The molecule has 1 aromatic rings. The molecule has 1 N–H and O–H groups in total. The lowest BCUT2D eigenvalue weighted by atomic mass is 10.2. The zero-order chi connectivity index (χ0) is 15.8. The van der Waals surface area contributed by atoms with Crippen molar-refractivity contribution < 1.29 is 9.53 Å². The van der Waals surface area contributed by atoms with Crippen molar-refractivity contribution in [2.75, 3.05) is 39.5 Å². The maximum absolute atomic E-state index is 11.8. The van der Waals surface area contributed by atoms with E-state index in [2.05, 4.69) is 19.2 Å². The Kier molecular flexibility index (Phi) is 7.02. The average molecular weight is 293 g/mol. The fourth-order valence-electron chi connectivity index (χ4n) is 1.73. The Bertz CT molecular complexity index is 430. The number of hydrogen-bond donors (Lipinski definition) is 1. The second kappa shape index (κ2) is 8.52. The van der Waals surface area contributed by atoms with Crippen molar-refractivity contribution in [3.05, 3.63) is 29.8 Å². The molecule has 1 amide bonds. The number of carbonyl (C=O) groups is 1. The Hall–Kier alpha value is -1.75. The molecule has 0 atom stereocenters. The molecule has 5 heteroatoms. The minimum absolute atomic E-state index is 0.291. The molecule has 21 heavy (non-hydrogen) atoms. The Morgan fingerprint density at radius 3 is 2.29 bits per heavy atom. The largest absolute Gasteiger partial charge is 0.445 e. The molecule has 0 aliphatic rings. The van der Waals surface area contributed by atoms with Gasteiger partial charge >= 0.3 is 6.09 Å². The zero-order valence-electron chi connectivity index (χ0n) is 13.7. The molecule has 1 rings (SSSR count). The number of likely N-dealkylation sites (N-methyl/N-ethyl adjacent to an activating group) is 2. The van der Waals surface area contributed by atoms with Crippen LogP contribution in [0.5, 0.6) is 0 Å². The SMILES string of the molecule is CC(C)Nc1ccc(COC(=O)N(C)CCN(C)C)cc1. The van der Waals surface area contributed by atoms with Crippen LogP contribution < -0.4 is 5.32 Å². The van der Waals surface area contributed by atoms with Gasteiger partial charge in [0.25, 0.3) is 0 Å². The van der Waals surface area contributed by atoms with Crippen LogP contribution in [0, 0.1) is 0 Å². The van der Waals surface area contributed by atoms with E-state index in [1.165, 1.54) is 0 Å². The lowest BCUT2D eigenvalue weighted by Crippen LogP contribution is -2.33. The quantitative estimate of drug-likeness (QED) is 0.839. The number of carbonyl (C=O) groups excluding carboxylic acids is 1. The molecule has 0 saturated heterocycles. The first-order chi connectivity index (χ1) is 9.88. The minimum Gasteiger partial charge on any atom is -0.445 e.